The Labute approximate surface area is 299 Å². The molecule has 0 aromatic rings. The van der Waals surface area contributed by atoms with Gasteiger partial charge in [0, 0.05) is 5.57 Å². The van der Waals surface area contributed by atoms with Crippen LogP contribution in [0, 0.1) is 5.92 Å². The highest BCUT2D eigenvalue weighted by atomic mass is 16.4. The summed E-state index contributed by atoms with van der Waals surface area (Å²) in [4.78, 5) is 23.9. The van der Waals surface area contributed by atoms with Gasteiger partial charge in [-0.15, -0.1) is 0 Å². The second kappa shape index (κ2) is 38.2. The van der Waals surface area contributed by atoms with Crippen molar-refractivity contribution >= 4 is 11.9 Å². The van der Waals surface area contributed by atoms with Gasteiger partial charge in [-0.2, -0.15) is 0 Å². The molecule has 0 aromatic carbocycles. The van der Waals surface area contributed by atoms with Crippen LogP contribution in [0.1, 0.15) is 239 Å². The lowest BCUT2D eigenvalue weighted by molar-refractivity contribution is -0.144. The summed E-state index contributed by atoms with van der Waals surface area (Å²) >= 11 is 0. The number of allylic oxidation sites excluding steroid dienone is 3. The fourth-order valence-electron chi connectivity index (χ4n) is 6.87. The van der Waals surface area contributed by atoms with Crippen LogP contribution in [0.5, 0.6) is 0 Å². The third-order valence-corrected chi connectivity index (χ3v) is 10.1. The number of hydrogen-bond donors (Lipinski definition) is 2. The second-order valence-electron chi connectivity index (χ2n) is 14.7. The van der Waals surface area contributed by atoms with Crippen molar-refractivity contribution in [3.05, 3.63) is 23.8 Å². The molecule has 0 radical (unpaired) electrons. The molecule has 0 aromatic heterocycles. The summed E-state index contributed by atoms with van der Waals surface area (Å²) in [6.45, 7) is 4.54. The van der Waals surface area contributed by atoms with Crippen LogP contribution in [0.4, 0.5) is 0 Å². The molecule has 4 heteroatoms. The van der Waals surface area contributed by atoms with Crippen LogP contribution in [0.3, 0.4) is 0 Å². The predicted molar refractivity (Wildman–Crippen MR) is 209 cm³/mol. The minimum atomic E-state index is -1.06. The van der Waals surface area contributed by atoms with E-state index in [1.165, 1.54) is 180 Å². The molecule has 282 valence electrons. The van der Waals surface area contributed by atoms with Gasteiger partial charge >= 0.3 is 11.9 Å². The van der Waals surface area contributed by atoms with Crippen LogP contribution in [0.25, 0.3) is 0 Å². The number of carbonyl (C=O) groups is 2. The topological polar surface area (TPSA) is 74.6 Å². The molecule has 0 aliphatic heterocycles. The molecule has 48 heavy (non-hydrogen) atoms. The molecule has 0 aliphatic carbocycles. The van der Waals surface area contributed by atoms with Crippen molar-refractivity contribution in [2.24, 2.45) is 5.92 Å². The lowest BCUT2D eigenvalue weighted by atomic mass is 9.91. The van der Waals surface area contributed by atoms with Gasteiger partial charge < -0.3 is 10.2 Å². The fourth-order valence-corrected chi connectivity index (χ4v) is 6.87. The highest BCUT2D eigenvalue weighted by Gasteiger charge is 2.26. The van der Waals surface area contributed by atoms with Gasteiger partial charge in [-0.25, -0.2) is 4.79 Å². The standard InChI is InChI=1S/C44H82O4/c1-3-5-7-9-11-13-15-17-19-21-23-25-27-29-31-33-35-37-39-41(43(45)46)42(44(47)48)40-38-36-34-32-30-28-26-24-22-20-18-16-14-12-10-8-6-4-2/h17,19,40-41H,3-16,18,20-39H2,1-2H3,(H,45,46)(H,47,48)/b19-17-,42-40-. The van der Waals surface area contributed by atoms with Gasteiger partial charge in [-0.05, 0) is 44.9 Å². The highest BCUT2D eigenvalue weighted by Crippen LogP contribution is 2.23. The molecule has 2 N–H and O–H groups in total. The number of carboxylic acid groups (broad SMARTS) is 2. The van der Waals surface area contributed by atoms with Gasteiger partial charge in [0.15, 0.2) is 0 Å². The normalized spacial score (nSPS) is 12.7. The Hall–Kier alpha value is -1.58. The molecule has 4 nitrogen and oxygen atoms in total. The van der Waals surface area contributed by atoms with E-state index in [1.807, 2.05) is 0 Å². The average Bonchev–Trinajstić information content (AvgIpc) is 3.07. The second-order valence-corrected chi connectivity index (χ2v) is 14.7. The Balaban J connectivity index is 3.81. The van der Waals surface area contributed by atoms with E-state index in [0.717, 1.165) is 32.1 Å². The van der Waals surface area contributed by atoms with Crippen molar-refractivity contribution in [2.45, 2.75) is 239 Å². The quantitative estimate of drug-likeness (QED) is 0.0386. The average molecular weight is 675 g/mol. The van der Waals surface area contributed by atoms with Gasteiger partial charge in [0.2, 0.25) is 0 Å². The predicted octanol–water partition coefficient (Wildman–Crippen LogP) is 14.9. The van der Waals surface area contributed by atoms with E-state index < -0.39 is 17.9 Å². The maximum Gasteiger partial charge on any atom is 0.332 e. The van der Waals surface area contributed by atoms with Crippen molar-refractivity contribution in [1.29, 1.82) is 0 Å². The Morgan fingerprint density at radius 1 is 0.417 bits per heavy atom. The van der Waals surface area contributed by atoms with Crippen LogP contribution < -0.4 is 0 Å². The number of hydrogen-bond acceptors (Lipinski definition) is 2. The third kappa shape index (κ3) is 32.9. The lowest BCUT2D eigenvalue weighted by Crippen LogP contribution is -2.21. The molecule has 0 amide bonds. The third-order valence-electron chi connectivity index (χ3n) is 10.1. The summed E-state index contributed by atoms with van der Waals surface area (Å²) < 4.78 is 0. The lowest BCUT2D eigenvalue weighted by Gasteiger charge is -2.13. The smallest absolute Gasteiger partial charge is 0.332 e. The van der Waals surface area contributed by atoms with E-state index >= 15 is 0 Å². The van der Waals surface area contributed by atoms with Crippen LogP contribution in [-0.4, -0.2) is 22.2 Å². The zero-order valence-electron chi connectivity index (χ0n) is 32.3. The molecule has 0 bridgehead atoms. The van der Waals surface area contributed by atoms with Gasteiger partial charge in [-0.3, -0.25) is 4.79 Å². The molecule has 0 saturated carbocycles. The van der Waals surface area contributed by atoms with E-state index in [9.17, 15) is 19.8 Å². The van der Waals surface area contributed by atoms with Gasteiger partial charge in [0.1, 0.15) is 0 Å². The van der Waals surface area contributed by atoms with Crippen LogP contribution in [0.2, 0.25) is 0 Å². The summed E-state index contributed by atoms with van der Waals surface area (Å²) in [5.41, 5.74) is 0.0972. The molecule has 1 unspecified atom stereocenters. The first-order valence-corrected chi connectivity index (χ1v) is 21.4. The van der Waals surface area contributed by atoms with E-state index in [2.05, 4.69) is 26.0 Å². The molecule has 0 saturated heterocycles. The van der Waals surface area contributed by atoms with Gasteiger partial charge in [0.25, 0.3) is 0 Å². The summed E-state index contributed by atoms with van der Waals surface area (Å²) in [5, 5.41) is 19.5. The number of aliphatic carboxylic acids is 2. The molecule has 0 rings (SSSR count). The summed E-state index contributed by atoms with van der Waals surface area (Å²) in [6, 6.07) is 0. The zero-order chi connectivity index (χ0) is 35.2. The summed E-state index contributed by atoms with van der Waals surface area (Å²) in [6.07, 6.45) is 49.7. The molecule has 0 spiro atoms. The molecule has 1 atom stereocenters. The van der Waals surface area contributed by atoms with Crippen molar-refractivity contribution in [3.63, 3.8) is 0 Å². The molecular formula is C44H82O4. The van der Waals surface area contributed by atoms with E-state index in [4.69, 9.17) is 0 Å². The maximum absolute atomic E-state index is 11.9. The van der Waals surface area contributed by atoms with Crippen molar-refractivity contribution in [3.8, 4) is 0 Å². The molecule has 0 heterocycles. The van der Waals surface area contributed by atoms with Crippen LogP contribution in [0.15, 0.2) is 23.8 Å². The summed E-state index contributed by atoms with van der Waals surface area (Å²) in [7, 11) is 0. The van der Waals surface area contributed by atoms with Gasteiger partial charge in [-0.1, -0.05) is 212 Å². The maximum atomic E-state index is 11.9. The Morgan fingerprint density at radius 3 is 1.02 bits per heavy atom. The summed E-state index contributed by atoms with van der Waals surface area (Å²) in [5.74, 6) is -2.94. The SMILES string of the molecule is CCCCCCCC/C=C\CCCCCCCCCCC(C(=O)O)/C(=C/CCCCCCCCCCCCCCCCCCC)C(=O)O. The van der Waals surface area contributed by atoms with Gasteiger partial charge in [0.05, 0.1) is 5.92 Å². The highest BCUT2D eigenvalue weighted by molar-refractivity contribution is 5.93. The Kier molecular flexibility index (Phi) is 37.0. The van der Waals surface area contributed by atoms with E-state index in [0.29, 0.717) is 12.8 Å². The van der Waals surface area contributed by atoms with E-state index in [1.54, 1.807) is 6.08 Å². The first-order chi connectivity index (χ1) is 23.5. The first-order valence-electron chi connectivity index (χ1n) is 21.4. The van der Waals surface area contributed by atoms with E-state index in [-0.39, 0.29) is 5.57 Å². The fraction of sp³-hybridized carbons (Fsp3) is 0.864. The Bertz CT molecular complexity index is 755. The molecule has 0 aliphatic rings. The Morgan fingerprint density at radius 2 is 0.708 bits per heavy atom. The van der Waals surface area contributed by atoms with Crippen LogP contribution in [-0.2, 0) is 9.59 Å². The number of carboxylic acids is 2. The largest absolute Gasteiger partial charge is 0.481 e. The van der Waals surface area contributed by atoms with Crippen molar-refractivity contribution in [2.75, 3.05) is 0 Å². The minimum Gasteiger partial charge on any atom is -0.481 e. The number of rotatable bonds is 39. The van der Waals surface area contributed by atoms with Crippen molar-refractivity contribution in [1.82, 2.24) is 0 Å². The monoisotopic (exact) mass is 675 g/mol. The molecule has 0 fully saturated rings. The van der Waals surface area contributed by atoms with Crippen molar-refractivity contribution < 1.29 is 19.8 Å². The molecular weight excluding hydrogens is 592 g/mol. The zero-order valence-corrected chi connectivity index (χ0v) is 32.3. The number of unbranched alkanes of at least 4 members (excludes halogenated alkanes) is 31. The first kappa shape index (κ1) is 46.4. The van der Waals surface area contributed by atoms with Crippen LogP contribution >= 0.6 is 0 Å². The minimum absolute atomic E-state index is 0.0972.